The van der Waals surface area contributed by atoms with E-state index < -0.39 is 15.9 Å². The van der Waals surface area contributed by atoms with Gasteiger partial charge in [-0.3, -0.25) is 0 Å². The van der Waals surface area contributed by atoms with Crippen molar-refractivity contribution in [2.75, 3.05) is 25.6 Å². The van der Waals surface area contributed by atoms with Gasteiger partial charge in [0.25, 0.3) is 0 Å². The van der Waals surface area contributed by atoms with Gasteiger partial charge in [-0.1, -0.05) is 0 Å². The summed E-state index contributed by atoms with van der Waals surface area (Å²) in [5, 5.41) is 9.29. The van der Waals surface area contributed by atoms with Crippen molar-refractivity contribution < 1.29 is 18.4 Å². The Hall–Kier alpha value is -0.130. The number of hydrogen-bond donors (Lipinski definition) is 2. The molecule has 1 heterocycles. The first-order valence-electron chi connectivity index (χ1n) is 3.61. The zero-order valence-electron chi connectivity index (χ0n) is 6.74. The molecule has 0 radical (unpaired) electrons. The van der Waals surface area contributed by atoms with Gasteiger partial charge in [-0.2, -0.15) is 0 Å². The van der Waals surface area contributed by atoms with Crippen molar-refractivity contribution in [3.63, 3.8) is 0 Å². The number of quaternary nitrogens is 1. The van der Waals surface area contributed by atoms with Crippen LogP contribution < -0.4 is 4.90 Å². The summed E-state index contributed by atoms with van der Waals surface area (Å²) in [6.07, 6.45) is -0.676. The van der Waals surface area contributed by atoms with Crippen LogP contribution in [0.5, 0.6) is 0 Å². The molecule has 1 aliphatic rings. The number of aliphatic hydroxyl groups excluding tert-OH is 1. The highest BCUT2D eigenvalue weighted by atomic mass is 32.2. The Morgan fingerprint density at radius 1 is 1.36 bits per heavy atom. The number of hydrogen-bond acceptors (Lipinski definition) is 3. The molecule has 0 aromatic heterocycles. The van der Waals surface area contributed by atoms with Crippen molar-refractivity contribution in [3.05, 3.63) is 0 Å². The predicted molar refractivity (Wildman–Crippen MR) is 41.3 cm³/mol. The molecule has 0 spiro atoms. The Morgan fingerprint density at radius 3 is 2.09 bits per heavy atom. The molecule has 0 amide bonds. The standard InChI is InChI=1S/C6H13NO3S/c1-7(2)5-3-11(9,10)4-6(5)8/h5-6,8H,3-4H2,1-2H3/p+1/t5-,6-/m1/s1. The number of aliphatic hydroxyl groups is 1. The number of rotatable bonds is 1. The molecule has 66 valence electrons. The van der Waals surface area contributed by atoms with Crippen LogP contribution >= 0.6 is 0 Å². The number of likely N-dealkylation sites (N-methyl/N-ethyl adjacent to an activating group) is 1. The first-order valence-corrected chi connectivity index (χ1v) is 5.43. The molecular formula is C6H14NO3S+. The zero-order chi connectivity index (χ0) is 8.65. The quantitative estimate of drug-likeness (QED) is 0.461. The van der Waals surface area contributed by atoms with Crippen LogP contribution in [0.1, 0.15) is 0 Å². The fourth-order valence-electron chi connectivity index (χ4n) is 1.38. The first-order chi connectivity index (χ1) is 4.92. The van der Waals surface area contributed by atoms with E-state index in [9.17, 15) is 13.5 Å². The van der Waals surface area contributed by atoms with Gasteiger partial charge < -0.3 is 10.0 Å². The normalized spacial score (nSPS) is 36.4. The van der Waals surface area contributed by atoms with Crippen LogP contribution in [0, 0.1) is 0 Å². The maximum atomic E-state index is 11.0. The second kappa shape index (κ2) is 2.73. The topological polar surface area (TPSA) is 58.8 Å². The molecule has 2 N–H and O–H groups in total. The van der Waals surface area contributed by atoms with E-state index in [0.717, 1.165) is 4.90 Å². The van der Waals surface area contributed by atoms with E-state index in [1.54, 1.807) is 0 Å². The minimum absolute atomic E-state index is 0.0666. The van der Waals surface area contributed by atoms with Crippen LogP contribution in [0.3, 0.4) is 0 Å². The largest absolute Gasteiger partial charge is 0.386 e. The summed E-state index contributed by atoms with van der Waals surface area (Å²) in [5.74, 6) is 0.0549. The smallest absolute Gasteiger partial charge is 0.159 e. The van der Waals surface area contributed by atoms with Crippen LogP contribution in [0.15, 0.2) is 0 Å². The minimum atomic E-state index is -2.96. The molecule has 0 aliphatic carbocycles. The highest BCUT2D eigenvalue weighted by molar-refractivity contribution is 7.91. The third kappa shape index (κ3) is 1.91. The second-order valence-corrected chi connectivity index (χ2v) is 5.48. The Kier molecular flexibility index (Phi) is 2.22. The molecule has 1 fully saturated rings. The molecule has 1 saturated heterocycles. The molecule has 1 rings (SSSR count). The maximum absolute atomic E-state index is 11.0. The lowest BCUT2D eigenvalue weighted by molar-refractivity contribution is -0.885. The fourth-order valence-corrected chi connectivity index (χ4v) is 3.37. The monoisotopic (exact) mass is 180 g/mol. The van der Waals surface area contributed by atoms with E-state index in [2.05, 4.69) is 0 Å². The summed E-state index contributed by atoms with van der Waals surface area (Å²) in [6.45, 7) is 0. The molecule has 2 atom stereocenters. The number of sulfone groups is 1. The van der Waals surface area contributed by atoms with E-state index >= 15 is 0 Å². The van der Waals surface area contributed by atoms with Gasteiger partial charge in [0, 0.05) is 0 Å². The van der Waals surface area contributed by atoms with Crippen molar-refractivity contribution >= 4 is 9.84 Å². The highest BCUT2D eigenvalue weighted by Gasteiger charge is 2.40. The van der Waals surface area contributed by atoms with Crippen LogP contribution in [-0.2, 0) is 9.84 Å². The van der Waals surface area contributed by atoms with Crippen LogP contribution in [-0.4, -0.2) is 51.3 Å². The Labute approximate surface area is 66.7 Å². The molecule has 0 unspecified atom stereocenters. The van der Waals surface area contributed by atoms with Crippen LogP contribution in [0.2, 0.25) is 0 Å². The molecular weight excluding hydrogens is 166 g/mol. The van der Waals surface area contributed by atoms with Crippen molar-refractivity contribution in [1.82, 2.24) is 0 Å². The van der Waals surface area contributed by atoms with Gasteiger partial charge >= 0.3 is 0 Å². The van der Waals surface area contributed by atoms with Crippen molar-refractivity contribution in [2.45, 2.75) is 12.1 Å². The summed E-state index contributed by atoms with van der Waals surface area (Å²) in [7, 11) is 0.751. The van der Waals surface area contributed by atoms with E-state index in [4.69, 9.17) is 0 Å². The fraction of sp³-hybridized carbons (Fsp3) is 1.00. The second-order valence-electron chi connectivity index (χ2n) is 3.33. The van der Waals surface area contributed by atoms with Gasteiger partial charge in [-0.15, -0.1) is 0 Å². The van der Waals surface area contributed by atoms with E-state index in [0.29, 0.717) is 0 Å². The highest BCUT2D eigenvalue weighted by Crippen LogP contribution is 2.09. The molecule has 0 bridgehead atoms. The van der Waals surface area contributed by atoms with Gasteiger partial charge in [0.1, 0.15) is 17.9 Å². The van der Waals surface area contributed by atoms with E-state index in [-0.39, 0.29) is 17.5 Å². The summed E-state index contributed by atoms with van der Waals surface area (Å²) in [6, 6.07) is -0.139. The Morgan fingerprint density at radius 2 is 1.91 bits per heavy atom. The van der Waals surface area contributed by atoms with Gasteiger partial charge in [0.2, 0.25) is 0 Å². The van der Waals surface area contributed by atoms with E-state index in [1.807, 2.05) is 14.1 Å². The van der Waals surface area contributed by atoms with Gasteiger partial charge in [-0.25, -0.2) is 8.42 Å². The number of nitrogens with one attached hydrogen (secondary N) is 1. The summed E-state index contributed by atoms with van der Waals surface area (Å²) < 4.78 is 22.0. The summed E-state index contributed by atoms with van der Waals surface area (Å²) >= 11 is 0. The average molecular weight is 180 g/mol. The Balaban J connectivity index is 2.75. The summed E-state index contributed by atoms with van der Waals surface area (Å²) in [5.41, 5.74) is 0. The lowest BCUT2D eigenvalue weighted by Gasteiger charge is -2.17. The third-order valence-corrected chi connectivity index (χ3v) is 3.78. The molecule has 0 aromatic carbocycles. The maximum Gasteiger partial charge on any atom is 0.159 e. The summed E-state index contributed by atoms with van der Waals surface area (Å²) in [4.78, 5) is 0.999. The van der Waals surface area contributed by atoms with Crippen LogP contribution in [0.4, 0.5) is 0 Å². The van der Waals surface area contributed by atoms with Crippen molar-refractivity contribution in [1.29, 1.82) is 0 Å². The Bertz CT molecular complexity index is 234. The molecule has 5 heteroatoms. The van der Waals surface area contributed by atoms with Crippen LogP contribution in [0.25, 0.3) is 0 Å². The van der Waals surface area contributed by atoms with Gasteiger partial charge in [0.05, 0.1) is 19.8 Å². The minimum Gasteiger partial charge on any atom is -0.386 e. The van der Waals surface area contributed by atoms with Crippen molar-refractivity contribution in [2.24, 2.45) is 0 Å². The van der Waals surface area contributed by atoms with Gasteiger partial charge in [-0.05, 0) is 0 Å². The average Bonchev–Trinajstić information content (AvgIpc) is 2.05. The zero-order valence-corrected chi connectivity index (χ0v) is 7.56. The van der Waals surface area contributed by atoms with E-state index in [1.165, 1.54) is 0 Å². The van der Waals surface area contributed by atoms with Gasteiger partial charge in [0.15, 0.2) is 9.84 Å². The molecule has 11 heavy (non-hydrogen) atoms. The predicted octanol–water partition coefficient (Wildman–Crippen LogP) is -2.71. The molecule has 0 aromatic rings. The lowest BCUT2D eigenvalue weighted by Crippen LogP contribution is -3.11. The SMILES string of the molecule is C[NH+](C)[C@@H]1CS(=O)(=O)C[C@H]1O. The first kappa shape index (κ1) is 8.96. The molecule has 1 aliphatic heterocycles. The lowest BCUT2D eigenvalue weighted by atomic mass is 10.2. The molecule has 0 saturated carbocycles. The molecule has 4 nitrogen and oxygen atoms in total. The van der Waals surface area contributed by atoms with Crippen molar-refractivity contribution in [3.8, 4) is 0 Å². The third-order valence-electron chi connectivity index (χ3n) is 2.06.